The third-order valence-corrected chi connectivity index (χ3v) is 5.23. The Morgan fingerprint density at radius 3 is 2.69 bits per heavy atom. The summed E-state index contributed by atoms with van der Waals surface area (Å²) in [7, 11) is 0. The Morgan fingerprint density at radius 2 is 1.88 bits per heavy atom. The van der Waals surface area contributed by atoms with E-state index in [1.807, 2.05) is 36.4 Å². The predicted molar refractivity (Wildman–Crippen MR) is 112 cm³/mol. The second-order valence-corrected chi connectivity index (χ2v) is 7.26. The molecule has 0 aliphatic heterocycles. The number of carbonyl (C=O) groups excluding carboxylic acids is 1. The molecule has 0 spiro atoms. The third kappa shape index (κ3) is 4.99. The van der Waals surface area contributed by atoms with Crippen LogP contribution in [0.2, 0.25) is 0 Å². The van der Waals surface area contributed by atoms with Gasteiger partial charge in [-0.1, -0.05) is 60.7 Å². The molecule has 0 unspecified atom stereocenters. The van der Waals surface area contributed by atoms with Gasteiger partial charge in [-0.25, -0.2) is 0 Å². The van der Waals surface area contributed by atoms with Gasteiger partial charge >= 0.3 is 0 Å². The lowest BCUT2D eigenvalue weighted by Gasteiger charge is -2.10. The first kappa shape index (κ1) is 18.3. The summed E-state index contributed by atoms with van der Waals surface area (Å²) in [5.41, 5.74) is 2.31. The molecule has 3 aromatic rings. The van der Waals surface area contributed by atoms with Crippen LogP contribution in [-0.2, 0) is 17.6 Å². The molecule has 132 valence electrons. The first-order chi connectivity index (χ1) is 12.8. The van der Waals surface area contributed by atoms with Crippen LogP contribution >= 0.6 is 11.8 Å². The Kier molecular flexibility index (Phi) is 6.50. The minimum Gasteiger partial charge on any atom is -0.355 e. The van der Waals surface area contributed by atoms with Gasteiger partial charge in [-0.05, 0) is 40.5 Å². The molecule has 0 saturated carbocycles. The van der Waals surface area contributed by atoms with E-state index in [9.17, 15) is 4.79 Å². The van der Waals surface area contributed by atoms with Crippen molar-refractivity contribution >= 4 is 28.4 Å². The molecule has 0 aromatic heterocycles. The summed E-state index contributed by atoms with van der Waals surface area (Å²) in [5.74, 6) is 0.974. The van der Waals surface area contributed by atoms with Gasteiger partial charge in [-0.15, -0.1) is 18.3 Å². The number of thioether (sulfide) groups is 1. The molecule has 1 N–H and O–H groups in total. The third-order valence-electron chi connectivity index (χ3n) is 4.24. The van der Waals surface area contributed by atoms with Crippen LogP contribution in [0.15, 0.2) is 84.3 Å². The summed E-state index contributed by atoms with van der Waals surface area (Å²) in [6.45, 7) is 4.43. The van der Waals surface area contributed by atoms with Crippen LogP contribution in [0.3, 0.4) is 0 Å². The van der Waals surface area contributed by atoms with Crippen molar-refractivity contribution in [2.45, 2.75) is 17.7 Å². The zero-order chi connectivity index (χ0) is 18.2. The second kappa shape index (κ2) is 9.25. The molecule has 0 aliphatic rings. The van der Waals surface area contributed by atoms with E-state index in [1.165, 1.54) is 21.2 Å². The molecule has 0 radical (unpaired) electrons. The first-order valence-electron chi connectivity index (χ1n) is 8.82. The highest BCUT2D eigenvalue weighted by Gasteiger charge is 2.05. The second-order valence-electron chi connectivity index (χ2n) is 6.16. The van der Waals surface area contributed by atoms with E-state index in [4.69, 9.17) is 0 Å². The Morgan fingerprint density at radius 1 is 1.04 bits per heavy atom. The normalized spacial score (nSPS) is 10.6. The highest BCUT2D eigenvalue weighted by molar-refractivity contribution is 7.99. The summed E-state index contributed by atoms with van der Waals surface area (Å²) in [6.07, 6.45) is 3.18. The smallest absolute Gasteiger partial charge is 0.224 e. The first-order valence-corrected chi connectivity index (χ1v) is 9.81. The minimum absolute atomic E-state index is 0.0682. The summed E-state index contributed by atoms with van der Waals surface area (Å²) in [6, 6.07) is 22.8. The van der Waals surface area contributed by atoms with Crippen LogP contribution in [0.5, 0.6) is 0 Å². The van der Waals surface area contributed by atoms with Gasteiger partial charge in [-0.2, -0.15) is 0 Å². The van der Waals surface area contributed by atoms with Crippen LogP contribution in [0, 0.1) is 0 Å². The number of fused-ring (bicyclic) bond motifs is 1. The van der Waals surface area contributed by atoms with E-state index in [-0.39, 0.29) is 5.91 Å². The van der Waals surface area contributed by atoms with Gasteiger partial charge in [0.25, 0.3) is 0 Å². The van der Waals surface area contributed by atoms with E-state index >= 15 is 0 Å². The molecule has 0 saturated heterocycles. The molecule has 2 nitrogen and oxygen atoms in total. The molecule has 3 aromatic carbocycles. The van der Waals surface area contributed by atoms with Crippen molar-refractivity contribution in [3.63, 3.8) is 0 Å². The van der Waals surface area contributed by atoms with Crippen LogP contribution in [-0.4, -0.2) is 18.2 Å². The van der Waals surface area contributed by atoms with Crippen LogP contribution in [0.25, 0.3) is 10.8 Å². The van der Waals surface area contributed by atoms with Crippen LogP contribution in [0.4, 0.5) is 0 Å². The number of hydrogen-bond donors (Lipinski definition) is 1. The molecule has 26 heavy (non-hydrogen) atoms. The van der Waals surface area contributed by atoms with E-state index in [0.717, 1.165) is 17.7 Å². The minimum atomic E-state index is 0.0682. The molecule has 0 heterocycles. The van der Waals surface area contributed by atoms with Gasteiger partial charge in [0, 0.05) is 17.2 Å². The standard InChI is InChI=1S/C23H23NOS/c1-2-15-26-21-12-11-19-9-6-10-20(22(19)17-21)13-14-24-23(25)16-18-7-4-3-5-8-18/h2-12,17H,1,13-16H2,(H,24,25). The van der Waals surface area contributed by atoms with Crippen molar-refractivity contribution in [1.82, 2.24) is 5.32 Å². The summed E-state index contributed by atoms with van der Waals surface area (Å²) in [5, 5.41) is 5.54. The predicted octanol–water partition coefficient (Wildman–Crippen LogP) is 5.02. The fraction of sp³-hybridized carbons (Fsp3) is 0.174. The van der Waals surface area contributed by atoms with Crippen LogP contribution in [0.1, 0.15) is 11.1 Å². The van der Waals surface area contributed by atoms with Crippen molar-refractivity contribution in [2.75, 3.05) is 12.3 Å². The lowest BCUT2D eigenvalue weighted by atomic mass is 10.0. The highest BCUT2D eigenvalue weighted by Crippen LogP contribution is 2.26. The van der Waals surface area contributed by atoms with Gasteiger partial charge in [0.15, 0.2) is 0 Å². The Balaban J connectivity index is 1.62. The van der Waals surface area contributed by atoms with E-state index < -0.39 is 0 Å². The summed E-state index contributed by atoms with van der Waals surface area (Å²) >= 11 is 1.79. The lowest BCUT2D eigenvalue weighted by molar-refractivity contribution is -0.120. The van der Waals surface area contributed by atoms with E-state index in [1.54, 1.807) is 11.8 Å². The fourth-order valence-electron chi connectivity index (χ4n) is 2.96. The Hall–Kier alpha value is -2.52. The van der Waals surface area contributed by atoms with Crippen molar-refractivity contribution in [3.8, 4) is 0 Å². The molecule has 0 bridgehead atoms. The Labute approximate surface area is 159 Å². The van der Waals surface area contributed by atoms with Crippen molar-refractivity contribution < 1.29 is 4.79 Å². The summed E-state index contributed by atoms with van der Waals surface area (Å²) < 4.78 is 0. The molecule has 0 fully saturated rings. The molecule has 0 atom stereocenters. The van der Waals surface area contributed by atoms with E-state index in [2.05, 4.69) is 48.3 Å². The zero-order valence-corrected chi connectivity index (χ0v) is 15.6. The number of nitrogens with one attached hydrogen (secondary N) is 1. The summed E-state index contributed by atoms with van der Waals surface area (Å²) in [4.78, 5) is 13.4. The molecular formula is C23H23NOS. The maximum atomic E-state index is 12.1. The van der Waals surface area contributed by atoms with Crippen LogP contribution < -0.4 is 5.32 Å². The fourth-order valence-corrected chi connectivity index (χ4v) is 3.64. The number of rotatable bonds is 8. The molecule has 0 aliphatic carbocycles. The largest absolute Gasteiger partial charge is 0.355 e. The highest BCUT2D eigenvalue weighted by atomic mass is 32.2. The Bertz CT molecular complexity index is 889. The van der Waals surface area contributed by atoms with Gasteiger partial charge in [-0.3, -0.25) is 4.79 Å². The van der Waals surface area contributed by atoms with Gasteiger partial charge < -0.3 is 5.32 Å². The molecule has 3 heteroatoms. The van der Waals surface area contributed by atoms with Crippen molar-refractivity contribution in [3.05, 3.63) is 90.5 Å². The maximum Gasteiger partial charge on any atom is 0.224 e. The van der Waals surface area contributed by atoms with Crippen molar-refractivity contribution in [1.29, 1.82) is 0 Å². The zero-order valence-electron chi connectivity index (χ0n) is 14.8. The monoisotopic (exact) mass is 361 g/mol. The maximum absolute atomic E-state index is 12.1. The average molecular weight is 362 g/mol. The van der Waals surface area contributed by atoms with Gasteiger partial charge in [0.05, 0.1) is 6.42 Å². The molecular weight excluding hydrogens is 338 g/mol. The molecule has 1 amide bonds. The van der Waals surface area contributed by atoms with Crippen molar-refractivity contribution in [2.24, 2.45) is 0 Å². The topological polar surface area (TPSA) is 29.1 Å². The lowest BCUT2D eigenvalue weighted by Crippen LogP contribution is -2.27. The SMILES string of the molecule is C=CCSc1ccc2cccc(CCNC(=O)Cc3ccccc3)c2c1. The molecule has 3 rings (SSSR count). The number of amides is 1. The quantitative estimate of drug-likeness (QED) is 0.451. The number of benzene rings is 3. The van der Waals surface area contributed by atoms with Gasteiger partial charge in [0.1, 0.15) is 0 Å². The number of hydrogen-bond acceptors (Lipinski definition) is 2. The van der Waals surface area contributed by atoms with E-state index in [0.29, 0.717) is 13.0 Å². The average Bonchev–Trinajstić information content (AvgIpc) is 2.67. The number of carbonyl (C=O) groups is 1. The van der Waals surface area contributed by atoms with Gasteiger partial charge in [0.2, 0.25) is 5.91 Å².